The van der Waals surface area contributed by atoms with E-state index in [9.17, 15) is 9.59 Å². The van der Waals surface area contributed by atoms with Gasteiger partial charge in [0, 0.05) is 21.3 Å². The maximum absolute atomic E-state index is 12.9. The third kappa shape index (κ3) is 3.74. The fourth-order valence-corrected chi connectivity index (χ4v) is 4.99. The minimum Gasteiger partial charge on any atom is -0.462 e. The first kappa shape index (κ1) is 19.8. The van der Waals surface area contributed by atoms with Gasteiger partial charge in [-0.15, -0.1) is 11.3 Å². The number of esters is 1. The summed E-state index contributed by atoms with van der Waals surface area (Å²) in [4.78, 5) is 31.1. The Labute approximate surface area is 180 Å². The topological polar surface area (TPSA) is 76.4 Å². The Bertz CT molecular complexity index is 1160. The van der Waals surface area contributed by atoms with Crippen molar-refractivity contribution in [3.63, 3.8) is 0 Å². The van der Waals surface area contributed by atoms with Crippen molar-refractivity contribution < 1.29 is 9.53 Å². The molecule has 4 rings (SSSR count). The van der Waals surface area contributed by atoms with Gasteiger partial charge in [0.25, 0.3) is 5.56 Å². The van der Waals surface area contributed by atoms with E-state index in [0.717, 1.165) is 35.0 Å². The predicted molar refractivity (Wildman–Crippen MR) is 118 cm³/mol. The Morgan fingerprint density at radius 3 is 2.83 bits per heavy atom. The van der Waals surface area contributed by atoms with Crippen LogP contribution in [0.1, 0.15) is 45.4 Å². The van der Waals surface area contributed by atoms with E-state index in [-0.39, 0.29) is 11.5 Å². The van der Waals surface area contributed by atoms with Crippen LogP contribution >= 0.6 is 27.3 Å². The van der Waals surface area contributed by atoms with Crippen LogP contribution < -0.4 is 5.56 Å². The summed E-state index contributed by atoms with van der Waals surface area (Å²) < 4.78 is 7.67. The van der Waals surface area contributed by atoms with Crippen molar-refractivity contribution >= 4 is 44.5 Å². The van der Waals surface area contributed by atoms with Crippen molar-refractivity contribution in [2.24, 2.45) is 4.99 Å². The molecule has 2 aromatic heterocycles. The number of halogens is 1. The lowest BCUT2D eigenvalue weighted by atomic mass is 10.1. The first-order valence-electron chi connectivity index (χ1n) is 9.43. The third-order valence-electron chi connectivity index (χ3n) is 4.90. The number of nitrogens with one attached hydrogen (secondary N) is 1. The molecule has 2 heterocycles. The second kappa shape index (κ2) is 8.12. The molecule has 0 spiro atoms. The van der Waals surface area contributed by atoms with Crippen molar-refractivity contribution in [1.82, 2.24) is 9.78 Å². The highest BCUT2D eigenvalue weighted by Gasteiger charge is 2.27. The van der Waals surface area contributed by atoms with Gasteiger partial charge in [-0.25, -0.2) is 14.5 Å². The van der Waals surface area contributed by atoms with Gasteiger partial charge in [0.1, 0.15) is 5.00 Å². The molecule has 0 unspecified atom stereocenters. The maximum atomic E-state index is 12.9. The Morgan fingerprint density at radius 2 is 2.10 bits per heavy atom. The van der Waals surface area contributed by atoms with Crippen LogP contribution in [-0.2, 0) is 17.6 Å². The van der Waals surface area contributed by atoms with E-state index < -0.39 is 0 Å². The molecule has 29 heavy (non-hydrogen) atoms. The highest BCUT2D eigenvalue weighted by molar-refractivity contribution is 9.10. The Kier molecular flexibility index (Phi) is 5.56. The van der Waals surface area contributed by atoms with Gasteiger partial charge in [-0.05, 0) is 62.9 Å². The molecule has 0 bridgehead atoms. The number of carbonyl (C=O) groups is 1. The van der Waals surface area contributed by atoms with Crippen molar-refractivity contribution in [2.45, 2.75) is 33.1 Å². The van der Waals surface area contributed by atoms with Crippen molar-refractivity contribution in [3.05, 3.63) is 66.4 Å². The fraction of sp³-hybridized carbons (Fsp3) is 0.286. The van der Waals surface area contributed by atoms with Crippen molar-refractivity contribution in [1.29, 1.82) is 0 Å². The molecule has 1 aliphatic carbocycles. The second-order valence-corrected chi connectivity index (χ2v) is 8.78. The number of fused-ring (bicyclic) bond motifs is 1. The Balaban J connectivity index is 1.71. The number of hydrogen-bond donors (Lipinski definition) is 1. The molecule has 150 valence electrons. The number of aryl methyl sites for hydroxylation is 2. The SMILES string of the molecule is CCOC(=O)c1c(N=Cc2c(C)[nH]n(-c3ccc(Br)cc3)c2=O)sc2c1CCC2. The van der Waals surface area contributed by atoms with Crippen LogP contribution in [0.5, 0.6) is 0 Å². The number of ether oxygens (including phenoxy) is 1. The smallest absolute Gasteiger partial charge is 0.341 e. The van der Waals surface area contributed by atoms with E-state index in [4.69, 9.17) is 4.74 Å². The van der Waals surface area contributed by atoms with Gasteiger partial charge in [0.15, 0.2) is 0 Å². The minimum absolute atomic E-state index is 0.185. The molecular weight excluding hydrogens is 454 g/mol. The summed E-state index contributed by atoms with van der Waals surface area (Å²) in [5.41, 5.74) is 3.35. The van der Waals surface area contributed by atoms with Crippen LogP contribution in [0.25, 0.3) is 5.69 Å². The summed E-state index contributed by atoms with van der Waals surface area (Å²) in [5.74, 6) is -0.336. The van der Waals surface area contributed by atoms with E-state index in [2.05, 4.69) is 26.0 Å². The molecule has 6 nitrogen and oxygen atoms in total. The number of H-pyrrole nitrogens is 1. The lowest BCUT2D eigenvalue weighted by Gasteiger charge is -2.03. The summed E-state index contributed by atoms with van der Waals surface area (Å²) in [6, 6.07) is 7.46. The zero-order chi connectivity index (χ0) is 20.5. The van der Waals surface area contributed by atoms with Crippen molar-refractivity contribution in [2.75, 3.05) is 6.61 Å². The van der Waals surface area contributed by atoms with Gasteiger partial charge >= 0.3 is 5.97 Å². The number of thiophene rings is 1. The number of aromatic nitrogens is 2. The van der Waals surface area contributed by atoms with Gasteiger partial charge < -0.3 is 4.74 Å². The van der Waals surface area contributed by atoms with Gasteiger partial charge in [0.2, 0.25) is 0 Å². The summed E-state index contributed by atoms with van der Waals surface area (Å²) in [6.07, 6.45) is 4.43. The molecule has 0 fully saturated rings. The standard InChI is InChI=1S/C21H20BrN3O3S/c1-3-28-21(27)18-15-5-4-6-17(15)29-19(18)23-11-16-12(2)24-25(20(16)26)14-9-7-13(22)8-10-14/h7-11,24H,3-6H2,1-2H3. The second-order valence-electron chi connectivity index (χ2n) is 6.78. The molecular formula is C21H20BrN3O3S. The average Bonchev–Trinajstić information content (AvgIpc) is 3.34. The molecule has 0 amide bonds. The van der Waals surface area contributed by atoms with Gasteiger partial charge in [-0.1, -0.05) is 15.9 Å². The van der Waals surface area contributed by atoms with Crippen LogP contribution in [-0.4, -0.2) is 28.6 Å². The number of hydrogen-bond acceptors (Lipinski definition) is 5. The predicted octanol–water partition coefficient (Wildman–Crippen LogP) is 4.71. The first-order valence-corrected chi connectivity index (χ1v) is 11.0. The van der Waals surface area contributed by atoms with Gasteiger partial charge in [0.05, 0.1) is 23.4 Å². The normalized spacial score (nSPS) is 13.2. The number of rotatable bonds is 5. The van der Waals surface area contributed by atoms with E-state index in [0.29, 0.717) is 28.4 Å². The number of nitrogens with zero attached hydrogens (tertiary/aromatic N) is 2. The molecule has 0 radical (unpaired) electrons. The molecule has 0 saturated heterocycles. The molecule has 1 aromatic carbocycles. The lowest BCUT2D eigenvalue weighted by molar-refractivity contribution is 0.0527. The average molecular weight is 474 g/mol. The molecule has 1 N–H and O–H groups in total. The van der Waals surface area contributed by atoms with E-state index in [1.54, 1.807) is 13.1 Å². The molecule has 0 saturated carbocycles. The van der Waals surface area contributed by atoms with Gasteiger partial charge in [-0.3, -0.25) is 9.89 Å². The van der Waals surface area contributed by atoms with E-state index in [1.807, 2.05) is 31.2 Å². The van der Waals surface area contributed by atoms with Crippen LogP contribution in [0.3, 0.4) is 0 Å². The third-order valence-corrected chi connectivity index (χ3v) is 6.62. The number of aliphatic imine (C=N–C) groups is 1. The highest BCUT2D eigenvalue weighted by atomic mass is 79.9. The van der Waals surface area contributed by atoms with Crippen LogP contribution in [0.15, 0.2) is 38.5 Å². The highest BCUT2D eigenvalue weighted by Crippen LogP contribution is 2.41. The molecule has 1 aliphatic rings. The first-order chi connectivity index (χ1) is 14.0. The van der Waals surface area contributed by atoms with E-state index >= 15 is 0 Å². The lowest BCUT2D eigenvalue weighted by Crippen LogP contribution is -2.17. The Morgan fingerprint density at radius 1 is 1.34 bits per heavy atom. The maximum Gasteiger partial charge on any atom is 0.341 e. The summed E-state index contributed by atoms with van der Waals surface area (Å²) >= 11 is 4.91. The number of carbonyl (C=O) groups excluding carboxylic acids is 1. The Hall–Kier alpha value is -2.45. The molecule has 8 heteroatoms. The minimum atomic E-state index is -0.336. The number of aromatic amines is 1. The quantitative estimate of drug-likeness (QED) is 0.430. The summed E-state index contributed by atoms with van der Waals surface area (Å²) in [7, 11) is 0. The van der Waals surface area contributed by atoms with E-state index in [1.165, 1.54) is 20.9 Å². The van der Waals surface area contributed by atoms with Gasteiger partial charge in [-0.2, -0.15) is 0 Å². The zero-order valence-corrected chi connectivity index (χ0v) is 18.5. The molecule has 3 aromatic rings. The largest absolute Gasteiger partial charge is 0.462 e. The van der Waals surface area contributed by atoms with Crippen LogP contribution in [0.2, 0.25) is 0 Å². The fourth-order valence-electron chi connectivity index (χ4n) is 3.50. The van der Waals surface area contributed by atoms with Crippen molar-refractivity contribution in [3.8, 4) is 5.69 Å². The zero-order valence-electron chi connectivity index (χ0n) is 16.1. The summed E-state index contributed by atoms with van der Waals surface area (Å²) in [6.45, 7) is 3.95. The van der Waals surface area contributed by atoms with Crippen LogP contribution in [0.4, 0.5) is 5.00 Å². The summed E-state index contributed by atoms with van der Waals surface area (Å²) in [5, 5.41) is 3.71. The number of benzene rings is 1. The molecule has 0 aliphatic heterocycles. The monoisotopic (exact) mass is 473 g/mol. The molecule has 0 atom stereocenters. The van der Waals surface area contributed by atoms with Crippen LogP contribution in [0, 0.1) is 6.92 Å².